The minimum atomic E-state index is -3.87. The minimum Gasteiger partial charge on any atom is -0.352 e. The lowest BCUT2D eigenvalue weighted by molar-refractivity contribution is -0.140. The molecule has 0 aliphatic heterocycles. The highest BCUT2D eigenvalue weighted by Gasteiger charge is 2.33. The maximum Gasteiger partial charge on any atom is 0.244 e. The van der Waals surface area contributed by atoms with Crippen LogP contribution in [0, 0.1) is 0 Å². The quantitative estimate of drug-likeness (QED) is 0.418. The first-order valence-electron chi connectivity index (χ1n) is 11.8. The zero-order chi connectivity index (χ0) is 26.5. The van der Waals surface area contributed by atoms with Crippen LogP contribution in [0.15, 0.2) is 42.5 Å². The molecule has 11 heteroatoms. The molecule has 2 aromatic carbocycles. The fourth-order valence-electron chi connectivity index (χ4n) is 4.37. The van der Waals surface area contributed by atoms with Crippen molar-refractivity contribution in [3.63, 3.8) is 0 Å². The second-order valence-electron chi connectivity index (χ2n) is 8.89. The summed E-state index contributed by atoms with van der Waals surface area (Å²) in [6.07, 6.45) is 5.23. The molecule has 1 N–H and O–H groups in total. The van der Waals surface area contributed by atoms with Gasteiger partial charge >= 0.3 is 0 Å². The number of para-hydroxylation sites is 1. The average Bonchev–Trinajstić information content (AvgIpc) is 3.31. The molecule has 1 aliphatic carbocycles. The second-order valence-corrected chi connectivity index (χ2v) is 12.1. The summed E-state index contributed by atoms with van der Waals surface area (Å²) in [7, 11) is -3.87. The molecular weight excluding hydrogens is 545 g/mol. The molecule has 0 aromatic heterocycles. The molecule has 36 heavy (non-hydrogen) atoms. The molecule has 2 aromatic rings. The van der Waals surface area contributed by atoms with E-state index in [2.05, 4.69) is 5.32 Å². The Morgan fingerprint density at radius 3 is 2.31 bits per heavy atom. The fraction of sp³-hybridized carbons (Fsp3) is 0.440. The van der Waals surface area contributed by atoms with Crippen LogP contribution >= 0.6 is 34.8 Å². The van der Waals surface area contributed by atoms with Crippen molar-refractivity contribution in [1.82, 2.24) is 10.2 Å². The van der Waals surface area contributed by atoms with E-state index in [-0.39, 0.29) is 29.2 Å². The van der Waals surface area contributed by atoms with Gasteiger partial charge in [0.1, 0.15) is 12.6 Å². The van der Waals surface area contributed by atoms with E-state index in [4.69, 9.17) is 34.8 Å². The molecule has 2 amide bonds. The summed E-state index contributed by atoms with van der Waals surface area (Å²) in [5, 5.41) is 4.03. The van der Waals surface area contributed by atoms with Crippen LogP contribution in [0.25, 0.3) is 0 Å². The van der Waals surface area contributed by atoms with E-state index in [1.807, 2.05) is 6.92 Å². The lowest BCUT2D eigenvalue weighted by Gasteiger charge is -2.33. The maximum absolute atomic E-state index is 13.7. The number of benzene rings is 2. The number of carbonyl (C=O) groups is 2. The van der Waals surface area contributed by atoms with E-state index in [1.165, 1.54) is 11.0 Å². The van der Waals surface area contributed by atoms with E-state index in [0.29, 0.717) is 22.0 Å². The third-order valence-corrected chi connectivity index (χ3v) is 8.28. The third kappa shape index (κ3) is 7.28. The smallest absolute Gasteiger partial charge is 0.244 e. The normalized spacial score (nSPS) is 14.9. The Labute approximate surface area is 227 Å². The second kappa shape index (κ2) is 12.5. The summed E-state index contributed by atoms with van der Waals surface area (Å²) in [5.74, 6) is -0.828. The predicted octanol–water partition coefficient (Wildman–Crippen LogP) is 5.28. The van der Waals surface area contributed by atoms with E-state index in [1.54, 1.807) is 36.4 Å². The number of hydrogen-bond donors (Lipinski definition) is 1. The first-order valence-corrected chi connectivity index (χ1v) is 14.8. The molecule has 0 radical (unpaired) electrons. The van der Waals surface area contributed by atoms with E-state index >= 15 is 0 Å². The highest BCUT2D eigenvalue weighted by molar-refractivity contribution is 7.92. The molecule has 1 saturated carbocycles. The number of nitrogens with one attached hydrogen (secondary N) is 1. The third-order valence-electron chi connectivity index (χ3n) is 6.24. The topological polar surface area (TPSA) is 86.8 Å². The molecular formula is C25H30Cl3N3O4S. The van der Waals surface area contributed by atoms with E-state index in [0.717, 1.165) is 36.2 Å². The Hall–Kier alpha value is -2.00. The van der Waals surface area contributed by atoms with Gasteiger partial charge in [0, 0.05) is 22.6 Å². The number of rotatable bonds is 10. The number of nitrogens with zero attached hydrogens (tertiary/aromatic N) is 2. The molecule has 7 nitrogen and oxygen atoms in total. The molecule has 196 valence electrons. The first kappa shape index (κ1) is 28.6. The Morgan fingerprint density at radius 1 is 1.06 bits per heavy atom. The molecule has 1 atom stereocenters. The number of hydrogen-bond acceptors (Lipinski definition) is 4. The van der Waals surface area contributed by atoms with Crippen LogP contribution in [0.3, 0.4) is 0 Å². The molecule has 1 fully saturated rings. The summed E-state index contributed by atoms with van der Waals surface area (Å²) in [5.41, 5.74) is 0.771. The van der Waals surface area contributed by atoms with Gasteiger partial charge in [-0.15, -0.1) is 0 Å². The van der Waals surface area contributed by atoms with Gasteiger partial charge in [-0.3, -0.25) is 13.9 Å². The van der Waals surface area contributed by atoms with Crippen LogP contribution < -0.4 is 9.62 Å². The largest absolute Gasteiger partial charge is 0.352 e. The number of sulfonamides is 1. The molecule has 0 heterocycles. The van der Waals surface area contributed by atoms with Crippen molar-refractivity contribution in [2.75, 3.05) is 17.1 Å². The zero-order valence-corrected chi connectivity index (χ0v) is 23.3. The first-order chi connectivity index (χ1) is 17.0. The summed E-state index contributed by atoms with van der Waals surface area (Å²) in [6, 6.07) is 10.5. The van der Waals surface area contributed by atoms with Crippen molar-refractivity contribution in [3.8, 4) is 0 Å². The Bertz CT molecular complexity index is 1200. The van der Waals surface area contributed by atoms with Gasteiger partial charge in [0.15, 0.2) is 0 Å². The average molecular weight is 575 g/mol. The van der Waals surface area contributed by atoms with Crippen LogP contribution in [-0.2, 0) is 26.2 Å². The monoisotopic (exact) mass is 573 g/mol. The van der Waals surface area contributed by atoms with Gasteiger partial charge in [-0.1, -0.05) is 72.8 Å². The fourth-order valence-corrected chi connectivity index (χ4v) is 5.99. The number of carbonyl (C=O) groups excluding carboxylic acids is 2. The van der Waals surface area contributed by atoms with Crippen molar-refractivity contribution in [1.29, 1.82) is 0 Å². The number of anilines is 1. The van der Waals surface area contributed by atoms with Gasteiger partial charge in [0.2, 0.25) is 21.8 Å². The van der Waals surface area contributed by atoms with Crippen LogP contribution in [-0.4, -0.2) is 50.0 Å². The molecule has 0 unspecified atom stereocenters. The van der Waals surface area contributed by atoms with Gasteiger partial charge in [0.05, 0.1) is 17.0 Å². The van der Waals surface area contributed by atoms with Crippen molar-refractivity contribution in [3.05, 3.63) is 63.1 Å². The summed E-state index contributed by atoms with van der Waals surface area (Å²) >= 11 is 18.7. The lowest BCUT2D eigenvalue weighted by atomic mass is 10.1. The van der Waals surface area contributed by atoms with Crippen molar-refractivity contribution in [2.45, 2.75) is 57.7 Å². The van der Waals surface area contributed by atoms with Gasteiger partial charge in [-0.2, -0.15) is 0 Å². The van der Waals surface area contributed by atoms with Crippen molar-refractivity contribution >= 4 is 62.3 Å². The lowest BCUT2D eigenvalue weighted by Crippen LogP contribution is -2.53. The molecule has 1 aliphatic rings. The Kier molecular flexibility index (Phi) is 9.92. The Morgan fingerprint density at radius 2 is 1.72 bits per heavy atom. The molecule has 3 rings (SSSR count). The van der Waals surface area contributed by atoms with E-state index in [9.17, 15) is 18.0 Å². The van der Waals surface area contributed by atoms with Gasteiger partial charge in [0.25, 0.3) is 0 Å². The maximum atomic E-state index is 13.7. The Balaban J connectivity index is 1.96. The predicted molar refractivity (Wildman–Crippen MR) is 145 cm³/mol. The number of amides is 2. The molecule has 0 spiro atoms. The van der Waals surface area contributed by atoms with Crippen molar-refractivity contribution in [2.24, 2.45) is 0 Å². The highest BCUT2D eigenvalue weighted by Crippen LogP contribution is 2.29. The van der Waals surface area contributed by atoms with Crippen LogP contribution in [0.2, 0.25) is 15.1 Å². The van der Waals surface area contributed by atoms with Crippen molar-refractivity contribution < 1.29 is 18.0 Å². The molecule has 0 saturated heterocycles. The van der Waals surface area contributed by atoms with Gasteiger partial charge in [-0.25, -0.2) is 8.42 Å². The SMILES string of the molecule is CC[C@@H](C(=O)NC1CCCC1)N(Cc1ccc(Cl)cc1Cl)C(=O)CN(c1ccccc1Cl)S(C)(=O)=O. The summed E-state index contributed by atoms with van der Waals surface area (Å²) in [4.78, 5) is 28.4. The minimum absolute atomic E-state index is 0.00551. The highest BCUT2D eigenvalue weighted by atomic mass is 35.5. The standard InChI is InChI=1S/C25H30Cl3N3O4S/c1-3-22(25(33)29-19-8-4-5-9-19)30(15-17-12-13-18(26)14-21(17)28)24(32)16-31(36(2,34)35)23-11-7-6-10-20(23)27/h6-7,10-14,19,22H,3-5,8-9,15-16H2,1-2H3,(H,29,33)/t22-/m0/s1. The molecule has 0 bridgehead atoms. The summed E-state index contributed by atoms with van der Waals surface area (Å²) < 4.78 is 26.3. The van der Waals surface area contributed by atoms with Crippen LogP contribution in [0.4, 0.5) is 5.69 Å². The van der Waals surface area contributed by atoms with Crippen LogP contribution in [0.5, 0.6) is 0 Å². The van der Waals surface area contributed by atoms with Gasteiger partial charge < -0.3 is 10.2 Å². The van der Waals surface area contributed by atoms with Crippen LogP contribution in [0.1, 0.15) is 44.6 Å². The summed E-state index contributed by atoms with van der Waals surface area (Å²) in [6.45, 7) is 1.29. The zero-order valence-electron chi connectivity index (χ0n) is 20.2. The van der Waals surface area contributed by atoms with E-state index < -0.39 is 28.5 Å². The van der Waals surface area contributed by atoms with Gasteiger partial charge in [-0.05, 0) is 49.1 Å². The number of halogens is 3.